The second-order valence-corrected chi connectivity index (χ2v) is 4.54. The van der Waals surface area contributed by atoms with Crippen LogP contribution in [0.5, 0.6) is 0 Å². The van der Waals surface area contributed by atoms with Gasteiger partial charge in [-0.25, -0.2) is 4.79 Å². The van der Waals surface area contributed by atoms with Crippen LogP contribution >= 0.6 is 0 Å². The molecule has 0 spiro atoms. The number of carbonyl (C=O) groups excluding carboxylic acids is 1. The number of nitrogens with zero attached hydrogens (tertiary/aromatic N) is 1. The minimum atomic E-state index is -0.347. The molecule has 1 fully saturated rings. The van der Waals surface area contributed by atoms with Crippen LogP contribution in [0, 0.1) is 0 Å². The Morgan fingerprint density at radius 1 is 1.33 bits per heavy atom. The van der Waals surface area contributed by atoms with Gasteiger partial charge < -0.3 is 15.4 Å². The molecule has 2 rings (SSSR count). The second kappa shape index (κ2) is 5.76. The topological polar surface area (TPSA) is 55.6 Å². The van der Waals surface area contributed by atoms with E-state index in [0.717, 1.165) is 18.8 Å². The molecule has 0 aromatic heterocycles. The predicted molar refractivity (Wildman–Crippen MR) is 72.9 cm³/mol. The first-order valence-electron chi connectivity index (χ1n) is 6.54. The first kappa shape index (κ1) is 12.7. The van der Waals surface area contributed by atoms with Crippen LogP contribution in [-0.2, 0) is 4.74 Å². The number of rotatable bonds is 3. The number of benzene rings is 1. The molecule has 1 aliphatic rings. The van der Waals surface area contributed by atoms with Gasteiger partial charge in [0.25, 0.3) is 0 Å². The molecular weight excluding hydrogens is 228 g/mol. The summed E-state index contributed by atoms with van der Waals surface area (Å²) < 4.78 is 4.96. The third-order valence-corrected chi connectivity index (χ3v) is 3.25. The Morgan fingerprint density at radius 2 is 2.06 bits per heavy atom. The van der Waals surface area contributed by atoms with Crippen molar-refractivity contribution in [3.05, 3.63) is 23.8 Å². The molecule has 98 valence electrons. The van der Waals surface area contributed by atoms with Gasteiger partial charge in [0.05, 0.1) is 12.2 Å². The standard InChI is InChI=1S/C14H20N2O2/c1-2-18-14(17)12-7-6-11(10-13(12)15)16-8-4-3-5-9-16/h6-7,10H,2-5,8-9,15H2,1H3. The summed E-state index contributed by atoms with van der Waals surface area (Å²) in [7, 11) is 0. The Hall–Kier alpha value is -1.71. The van der Waals surface area contributed by atoms with E-state index in [2.05, 4.69) is 4.90 Å². The van der Waals surface area contributed by atoms with E-state index >= 15 is 0 Å². The molecular formula is C14H20N2O2. The zero-order chi connectivity index (χ0) is 13.0. The molecule has 0 unspecified atom stereocenters. The maximum atomic E-state index is 11.6. The Morgan fingerprint density at radius 3 is 2.67 bits per heavy atom. The molecule has 1 heterocycles. The highest BCUT2D eigenvalue weighted by Crippen LogP contribution is 2.24. The minimum Gasteiger partial charge on any atom is -0.462 e. The number of hydrogen-bond acceptors (Lipinski definition) is 4. The second-order valence-electron chi connectivity index (χ2n) is 4.54. The van der Waals surface area contributed by atoms with E-state index in [1.807, 2.05) is 12.1 Å². The lowest BCUT2D eigenvalue weighted by Crippen LogP contribution is -2.29. The monoisotopic (exact) mass is 248 g/mol. The van der Waals surface area contributed by atoms with Crippen molar-refractivity contribution in [1.29, 1.82) is 0 Å². The zero-order valence-corrected chi connectivity index (χ0v) is 10.8. The largest absolute Gasteiger partial charge is 0.462 e. The summed E-state index contributed by atoms with van der Waals surface area (Å²) in [6.45, 7) is 4.29. The summed E-state index contributed by atoms with van der Waals surface area (Å²) in [5, 5.41) is 0. The highest BCUT2D eigenvalue weighted by Gasteiger charge is 2.15. The van der Waals surface area contributed by atoms with Crippen molar-refractivity contribution in [2.75, 3.05) is 30.3 Å². The average Bonchev–Trinajstić information content (AvgIpc) is 2.40. The number of nitrogens with two attached hydrogens (primary N) is 1. The molecule has 1 aromatic rings. The molecule has 0 saturated carbocycles. The van der Waals surface area contributed by atoms with Crippen molar-refractivity contribution in [2.45, 2.75) is 26.2 Å². The SMILES string of the molecule is CCOC(=O)c1ccc(N2CCCCC2)cc1N. The van der Waals surface area contributed by atoms with Gasteiger partial charge in [-0.3, -0.25) is 0 Å². The Kier molecular flexibility index (Phi) is 4.07. The van der Waals surface area contributed by atoms with E-state index in [4.69, 9.17) is 10.5 Å². The zero-order valence-electron chi connectivity index (χ0n) is 10.8. The van der Waals surface area contributed by atoms with E-state index in [0.29, 0.717) is 17.9 Å². The maximum Gasteiger partial charge on any atom is 0.340 e. The summed E-state index contributed by atoms with van der Waals surface area (Å²) in [5.41, 5.74) is 7.98. The van der Waals surface area contributed by atoms with Gasteiger partial charge in [0.1, 0.15) is 0 Å². The molecule has 0 radical (unpaired) electrons. The van der Waals surface area contributed by atoms with Crippen molar-refractivity contribution in [3.8, 4) is 0 Å². The normalized spacial score (nSPS) is 15.5. The quantitative estimate of drug-likeness (QED) is 0.659. The Balaban J connectivity index is 2.16. The smallest absolute Gasteiger partial charge is 0.340 e. The molecule has 1 saturated heterocycles. The lowest BCUT2D eigenvalue weighted by atomic mass is 10.1. The van der Waals surface area contributed by atoms with E-state index in [1.165, 1.54) is 19.3 Å². The van der Waals surface area contributed by atoms with E-state index in [9.17, 15) is 4.79 Å². The number of nitrogen functional groups attached to an aromatic ring is 1. The van der Waals surface area contributed by atoms with Crippen molar-refractivity contribution >= 4 is 17.3 Å². The number of carbonyl (C=O) groups is 1. The van der Waals surface area contributed by atoms with Crippen LogP contribution in [0.4, 0.5) is 11.4 Å². The Labute approximate surface area is 108 Å². The molecule has 4 heteroatoms. The summed E-state index contributed by atoms with van der Waals surface area (Å²) in [5.74, 6) is -0.347. The maximum absolute atomic E-state index is 11.6. The van der Waals surface area contributed by atoms with Crippen molar-refractivity contribution in [3.63, 3.8) is 0 Å². The van der Waals surface area contributed by atoms with Gasteiger partial charge in [0.15, 0.2) is 0 Å². The summed E-state index contributed by atoms with van der Waals surface area (Å²) in [4.78, 5) is 14.0. The fraction of sp³-hybridized carbons (Fsp3) is 0.500. The molecule has 2 N–H and O–H groups in total. The van der Waals surface area contributed by atoms with E-state index < -0.39 is 0 Å². The predicted octanol–water partition coefficient (Wildman–Crippen LogP) is 2.44. The minimum absolute atomic E-state index is 0.347. The molecule has 0 atom stereocenters. The van der Waals surface area contributed by atoms with Crippen molar-refractivity contribution < 1.29 is 9.53 Å². The average molecular weight is 248 g/mol. The number of anilines is 2. The van der Waals surface area contributed by atoms with Gasteiger partial charge in [-0.2, -0.15) is 0 Å². The van der Waals surface area contributed by atoms with Crippen molar-refractivity contribution in [2.24, 2.45) is 0 Å². The van der Waals surface area contributed by atoms with Gasteiger partial charge in [0.2, 0.25) is 0 Å². The highest BCUT2D eigenvalue weighted by atomic mass is 16.5. The van der Waals surface area contributed by atoms with Gasteiger partial charge >= 0.3 is 5.97 Å². The van der Waals surface area contributed by atoms with Crippen LogP contribution < -0.4 is 10.6 Å². The van der Waals surface area contributed by atoms with E-state index in [-0.39, 0.29) is 5.97 Å². The fourth-order valence-electron chi connectivity index (χ4n) is 2.29. The summed E-state index contributed by atoms with van der Waals surface area (Å²) >= 11 is 0. The molecule has 0 bridgehead atoms. The van der Waals surface area contributed by atoms with Gasteiger partial charge in [-0.05, 0) is 44.4 Å². The number of piperidine rings is 1. The van der Waals surface area contributed by atoms with Gasteiger partial charge in [0, 0.05) is 24.5 Å². The molecule has 1 aliphatic heterocycles. The third-order valence-electron chi connectivity index (χ3n) is 3.25. The van der Waals surface area contributed by atoms with Crippen LogP contribution in [0.1, 0.15) is 36.5 Å². The summed E-state index contributed by atoms with van der Waals surface area (Å²) in [6.07, 6.45) is 3.74. The first-order chi connectivity index (χ1) is 8.72. The molecule has 4 nitrogen and oxygen atoms in total. The lowest BCUT2D eigenvalue weighted by Gasteiger charge is -2.29. The fourth-order valence-corrected chi connectivity index (χ4v) is 2.29. The molecule has 18 heavy (non-hydrogen) atoms. The lowest BCUT2D eigenvalue weighted by molar-refractivity contribution is 0.0527. The highest BCUT2D eigenvalue weighted by molar-refractivity contribution is 5.95. The van der Waals surface area contributed by atoms with Crippen LogP contribution in [0.25, 0.3) is 0 Å². The van der Waals surface area contributed by atoms with Gasteiger partial charge in [-0.15, -0.1) is 0 Å². The van der Waals surface area contributed by atoms with Gasteiger partial charge in [-0.1, -0.05) is 0 Å². The Bertz CT molecular complexity index is 426. The first-order valence-corrected chi connectivity index (χ1v) is 6.54. The third kappa shape index (κ3) is 2.75. The van der Waals surface area contributed by atoms with Crippen molar-refractivity contribution in [1.82, 2.24) is 0 Å². The van der Waals surface area contributed by atoms with Crippen LogP contribution in [0.2, 0.25) is 0 Å². The number of esters is 1. The number of ether oxygens (including phenoxy) is 1. The molecule has 0 aliphatic carbocycles. The van der Waals surface area contributed by atoms with Crippen LogP contribution in [0.3, 0.4) is 0 Å². The van der Waals surface area contributed by atoms with E-state index in [1.54, 1.807) is 13.0 Å². The number of hydrogen-bond donors (Lipinski definition) is 1. The molecule has 1 aromatic carbocycles. The van der Waals surface area contributed by atoms with Crippen LogP contribution in [0.15, 0.2) is 18.2 Å². The summed E-state index contributed by atoms with van der Waals surface area (Å²) in [6, 6.07) is 5.59. The molecule has 0 amide bonds. The van der Waals surface area contributed by atoms with Crippen LogP contribution in [-0.4, -0.2) is 25.7 Å².